The lowest BCUT2D eigenvalue weighted by Crippen LogP contribution is -2.52. The Hall–Kier alpha value is -2.32. The molecule has 2 aliphatic rings. The second-order valence-electron chi connectivity index (χ2n) is 6.72. The number of nitrogens with zero attached hydrogens (tertiary/aromatic N) is 3. The van der Waals surface area contributed by atoms with Crippen molar-refractivity contribution in [1.29, 1.82) is 0 Å². The van der Waals surface area contributed by atoms with Crippen LogP contribution in [0.1, 0.15) is 24.2 Å². The molecule has 0 bridgehead atoms. The molecule has 2 atom stereocenters. The molecule has 2 fully saturated rings. The van der Waals surface area contributed by atoms with Crippen molar-refractivity contribution in [2.24, 2.45) is 5.92 Å². The van der Waals surface area contributed by atoms with Crippen molar-refractivity contribution in [1.82, 2.24) is 20.1 Å². The van der Waals surface area contributed by atoms with E-state index in [1.165, 1.54) is 12.1 Å². The van der Waals surface area contributed by atoms with Crippen molar-refractivity contribution in [2.75, 3.05) is 26.7 Å². The summed E-state index contributed by atoms with van der Waals surface area (Å²) in [4.78, 5) is 31.4. The summed E-state index contributed by atoms with van der Waals surface area (Å²) in [6.45, 7) is 1.28. The van der Waals surface area contributed by atoms with Gasteiger partial charge in [-0.05, 0) is 25.0 Å². The van der Waals surface area contributed by atoms with Gasteiger partial charge in [0.25, 0.3) is 0 Å². The molecular weight excluding hydrogens is 349 g/mol. The summed E-state index contributed by atoms with van der Waals surface area (Å²) in [6.07, 6.45) is -2.73. The van der Waals surface area contributed by atoms with Crippen LogP contribution in [0, 0.1) is 5.92 Å². The summed E-state index contributed by atoms with van der Waals surface area (Å²) in [5.74, 6) is -0.0784. The zero-order valence-corrected chi connectivity index (χ0v) is 14.4. The molecule has 9 heteroatoms. The van der Waals surface area contributed by atoms with Gasteiger partial charge in [0.2, 0.25) is 5.91 Å². The standard InChI is InChI=1S/C17H21F3N4O2/c1-23-10-13-12(15(23)25)5-3-9-24(13)16(26)21-8-7-11-4-2-6-14(22-11)17(18,19)20/h2,4,6,12-13H,3,5,7-10H2,1H3,(H,21,26)/t12-,13-/m1/s1. The molecule has 3 rings (SSSR count). The second kappa shape index (κ2) is 7.13. The minimum atomic E-state index is -4.48. The van der Waals surface area contributed by atoms with Gasteiger partial charge in [-0.1, -0.05) is 6.07 Å². The number of piperidine rings is 1. The minimum absolute atomic E-state index is 0.0701. The van der Waals surface area contributed by atoms with Crippen LogP contribution < -0.4 is 5.32 Å². The van der Waals surface area contributed by atoms with E-state index in [1.807, 2.05) is 0 Å². The number of hydrogen-bond donors (Lipinski definition) is 1. The predicted molar refractivity (Wildman–Crippen MR) is 87.2 cm³/mol. The molecule has 0 spiro atoms. The van der Waals surface area contributed by atoms with Crippen LogP contribution in [-0.4, -0.2) is 59.4 Å². The van der Waals surface area contributed by atoms with Gasteiger partial charge in [-0.2, -0.15) is 13.2 Å². The topological polar surface area (TPSA) is 65.5 Å². The highest BCUT2D eigenvalue weighted by Gasteiger charge is 2.45. The Balaban J connectivity index is 1.55. The van der Waals surface area contributed by atoms with E-state index in [4.69, 9.17) is 0 Å². The third kappa shape index (κ3) is 3.76. The molecule has 1 aromatic rings. The molecule has 2 aliphatic heterocycles. The summed E-state index contributed by atoms with van der Waals surface area (Å²) in [5, 5.41) is 2.74. The van der Waals surface area contributed by atoms with Crippen molar-refractivity contribution < 1.29 is 22.8 Å². The van der Waals surface area contributed by atoms with Gasteiger partial charge in [0.05, 0.1) is 12.0 Å². The lowest BCUT2D eigenvalue weighted by molar-refractivity contribution is -0.141. The van der Waals surface area contributed by atoms with Gasteiger partial charge in [-0.15, -0.1) is 0 Å². The van der Waals surface area contributed by atoms with Gasteiger partial charge in [0.1, 0.15) is 5.69 Å². The zero-order chi connectivity index (χ0) is 18.9. The van der Waals surface area contributed by atoms with Crippen LogP contribution in [-0.2, 0) is 17.4 Å². The number of carbonyl (C=O) groups excluding carboxylic acids is 2. The molecule has 1 aromatic heterocycles. The number of fused-ring (bicyclic) bond motifs is 1. The van der Waals surface area contributed by atoms with Crippen molar-refractivity contribution in [3.63, 3.8) is 0 Å². The number of pyridine rings is 1. The number of carbonyl (C=O) groups is 2. The SMILES string of the molecule is CN1C[C@@H]2[C@@H](CCCN2C(=O)NCCc2cccc(C(F)(F)F)n2)C1=O. The maximum atomic E-state index is 12.7. The van der Waals surface area contributed by atoms with Crippen LogP contribution in [0.15, 0.2) is 18.2 Å². The molecule has 0 radical (unpaired) electrons. The maximum absolute atomic E-state index is 12.7. The molecule has 0 unspecified atom stereocenters. The molecule has 3 amide bonds. The Morgan fingerprint density at radius 1 is 1.38 bits per heavy atom. The largest absolute Gasteiger partial charge is 0.433 e. The predicted octanol–water partition coefficient (Wildman–Crippen LogP) is 1.91. The monoisotopic (exact) mass is 370 g/mol. The number of likely N-dealkylation sites (tertiary alicyclic amines) is 2. The molecule has 1 N–H and O–H groups in total. The number of aromatic nitrogens is 1. The molecule has 0 aromatic carbocycles. The van der Waals surface area contributed by atoms with E-state index in [0.29, 0.717) is 13.1 Å². The first-order chi connectivity index (χ1) is 12.3. The van der Waals surface area contributed by atoms with Crippen LogP contribution in [0.4, 0.5) is 18.0 Å². The number of amides is 3. The summed E-state index contributed by atoms with van der Waals surface area (Å²) < 4.78 is 38.0. The highest BCUT2D eigenvalue weighted by Crippen LogP contribution is 2.31. The quantitative estimate of drug-likeness (QED) is 0.884. The van der Waals surface area contributed by atoms with Crippen LogP contribution in [0.3, 0.4) is 0 Å². The Kier molecular flexibility index (Phi) is 5.06. The van der Waals surface area contributed by atoms with Crippen LogP contribution >= 0.6 is 0 Å². The highest BCUT2D eigenvalue weighted by atomic mass is 19.4. The van der Waals surface area contributed by atoms with E-state index in [2.05, 4.69) is 10.3 Å². The Labute approximate surface area is 149 Å². The van der Waals surface area contributed by atoms with Gasteiger partial charge < -0.3 is 15.1 Å². The highest BCUT2D eigenvalue weighted by molar-refractivity contribution is 5.84. The molecule has 142 valence electrons. The summed E-state index contributed by atoms with van der Waals surface area (Å²) in [6, 6.07) is 3.32. The Bertz CT molecular complexity index is 695. The Morgan fingerprint density at radius 3 is 2.88 bits per heavy atom. The molecule has 6 nitrogen and oxygen atoms in total. The summed E-state index contributed by atoms with van der Waals surface area (Å²) in [7, 11) is 1.73. The van der Waals surface area contributed by atoms with E-state index in [-0.39, 0.29) is 42.6 Å². The van der Waals surface area contributed by atoms with Crippen LogP contribution in [0.25, 0.3) is 0 Å². The molecule has 2 saturated heterocycles. The van der Waals surface area contributed by atoms with Gasteiger partial charge in [-0.3, -0.25) is 4.79 Å². The second-order valence-corrected chi connectivity index (χ2v) is 6.72. The van der Waals surface area contributed by atoms with E-state index >= 15 is 0 Å². The van der Waals surface area contributed by atoms with Gasteiger partial charge in [0, 0.05) is 38.8 Å². The number of nitrogens with one attached hydrogen (secondary N) is 1. The first-order valence-corrected chi connectivity index (χ1v) is 8.60. The zero-order valence-electron chi connectivity index (χ0n) is 14.4. The molecule has 3 heterocycles. The minimum Gasteiger partial charge on any atom is -0.343 e. The number of rotatable bonds is 3. The number of urea groups is 1. The third-order valence-electron chi connectivity index (χ3n) is 4.95. The fraction of sp³-hybridized carbons (Fsp3) is 0.588. The maximum Gasteiger partial charge on any atom is 0.433 e. The lowest BCUT2D eigenvalue weighted by atomic mass is 9.92. The van der Waals surface area contributed by atoms with E-state index in [1.54, 1.807) is 16.8 Å². The van der Waals surface area contributed by atoms with Crippen molar-refractivity contribution >= 4 is 11.9 Å². The van der Waals surface area contributed by atoms with Gasteiger partial charge in [0.15, 0.2) is 0 Å². The smallest absolute Gasteiger partial charge is 0.343 e. The average Bonchev–Trinajstić information content (AvgIpc) is 2.89. The van der Waals surface area contributed by atoms with Crippen LogP contribution in [0.2, 0.25) is 0 Å². The number of halogens is 3. The number of likely N-dealkylation sites (N-methyl/N-ethyl adjacent to an activating group) is 1. The molecule has 26 heavy (non-hydrogen) atoms. The summed E-state index contributed by atoms with van der Waals surface area (Å²) >= 11 is 0. The third-order valence-corrected chi connectivity index (χ3v) is 4.95. The van der Waals surface area contributed by atoms with Crippen LogP contribution in [0.5, 0.6) is 0 Å². The fourth-order valence-electron chi connectivity index (χ4n) is 3.65. The van der Waals surface area contributed by atoms with E-state index in [9.17, 15) is 22.8 Å². The van der Waals surface area contributed by atoms with Crippen molar-refractivity contribution in [3.05, 3.63) is 29.6 Å². The van der Waals surface area contributed by atoms with Crippen molar-refractivity contribution in [2.45, 2.75) is 31.5 Å². The number of alkyl halides is 3. The fourth-order valence-corrected chi connectivity index (χ4v) is 3.65. The summed E-state index contributed by atoms with van der Waals surface area (Å²) in [5.41, 5.74) is -0.667. The van der Waals surface area contributed by atoms with Crippen molar-refractivity contribution in [3.8, 4) is 0 Å². The lowest BCUT2D eigenvalue weighted by Gasteiger charge is -2.35. The molecular formula is C17H21F3N4O2. The van der Waals surface area contributed by atoms with Gasteiger partial charge in [-0.25, -0.2) is 9.78 Å². The van der Waals surface area contributed by atoms with Gasteiger partial charge >= 0.3 is 12.2 Å². The first kappa shape index (κ1) is 18.5. The molecule has 0 aliphatic carbocycles. The first-order valence-electron chi connectivity index (χ1n) is 8.60. The average molecular weight is 370 g/mol. The number of hydrogen-bond acceptors (Lipinski definition) is 3. The Morgan fingerprint density at radius 2 is 2.15 bits per heavy atom. The van der Waals surface area contributed by atoms with E-state index in [0.717, 1.165) is 18.9 Å². The van der Waals surface area contributed by atoms with E-state index < -0.39 is 11.9 Å². The molecule has 0 saturated carbocycles. The normalized spacial score (nSPS) is 23.2.